The van der Waals surface area contributed by atoms with E-state index in [9.17, 15) is 9.59 Å². The molecule has 1 aliphatic heterocycles. The molecule has 0 fully saturated rings. The molecule has 33 heavy (non-hydrogen) atoms. The third-order valence-electron chi connectivity index (χ3n) is 6.18. The molecule has 7 heteroatoms. The molecule has 0 saturated heterocycles. The predicted octanol–water partition coefficient (Wildman–Crippen LogP) is 6.10. The van der Waals surface area contributed by atoms with Gasteiger partial charge in [0.25, 0.3) is 0 Å². The Labute approximate surface area is 210 Å². The Morgan fingerprint density at radius 3 is 2.55 bits per heavy atom. The molecule has 0 spiro atoms. The fourth-order valence-electron chi connectivity index (χ4n) is 4.27. The first kappa shape index (κ1) is 27.9. The molecule has 0 amide bonds. The van der Waals surface area contributed by atoms with E-state index in [2.05, 4.69) is 11.6 Å². The first-order chi connectivity index (χ1) is 15.6. The average Bonchev–Trinajstić information content (AvgIpc) is 3.21. The van der Waals surface area contributed by atoms with Gasteiger partial charge in [-0.05, 0) is 0 Å². The second kappa shape index (κ2) is 12.9. The average molecular weight is 563 g/mol. The van der Waals surface area contributed by atoms with E-state index in [0.29, 0.717) is 24.3 Å². The maximum atomic E-state index is 13.1. The van der Waals surface area contributed by atoms with E-state index in [-0.39, 0.29) is 36.9 Å². The molecule has 0 bridgehead atoms. The SMILES string of the molecule is CCCCCCC(C)OC(=O)CC(C)(C)C[C](C)([In][CH3])C(=O)OCc1ccc2c(c1)OCO2. The number of carbonyl (C=O) groups is 2. The van der Waals surface area contributed by atoms with Crippen molar-refractivity contribution >= 4 is 34.8 Å². The second-order valence-corrected chi connectivity index (χ2v) is 15.4. The molecule has 1 radical (unpaired) electrons. The molecule has 1 aromatic carbocycles. The molecule has 0 saturated carbocycles. The van der Waals surface area contributed by atoms with Gasteiger partial charge >= 0.3 is 204 Å². The van der Waals surface area contributed by atoms with Gasteiger partial charge in [-0.25, -0.2) is 0 Å². The van der Waals surface area contributed by atoms with Crippen LogP contribution in [-0.2, 0) is 25.7 Å². The predicted molar refractivity (Wildman–Crippen MR) is 130 cm³/mol. The number of ether oxygens (including phenoxy) is 4. The number of hydrogen-bond acceptors (Lipinski definition) is 6. The van der Waals surface area contributed by atoms with Crippen LogP contribution in [-0.4, -0.2) is 47.7 Å². The second-order valence-electron chi connectivity index (χ2n) is 10.1. The number of rotatable bonds is 14. The summed E-state index contributed by atoms with van der Waals surface area (Å²) in [4.78, 5) is 25.6. The summed E-state index contributed by atoms with van der Waals surface area (Å²) in [6.07, 6.45) is 6.45. The number of benzene rings is 1. The molecular weight excluding hydrogens is 523 g/mol. The Morgan fingerprint density at radius 2 is 1.85 bits per heavy atom. The summed E-state index contributed by atoms with van der Waals surface area (Å²) in [6, 6.07) is 5.57. The zero-order chi connectivity index (χ0) is 24.5. The van der Waals surface area contributed by atoms with Crippen molar-refractivity contribution in [3.05, 3.63) is 23.8 Å². The fourth-order valence-corrected chi connectivity index (χ4v) is 7.34. The molecule has 1 aromatic rings. The third-order valence-corrected chi connectivity index (χ3v) is 11.1. The minimum absolute atomic E-state index is 0.0628. The van der Waals surface area contributed by atoms with Crippen LogP contribution >= 0.6 is 0 Å². The van der Waals surface area contributed by atoms with Gasteiger partial charge in [-0.1, -0.05) is 6.92 Å². The molecule has 2 rings (SSSR count). The van der Waals surface area contributed by atoms with Crippen LogP contribution in [0.25, 0.3) is 0 Å². The number of hydrogen-bond donors (Lipinski definition) is 0. The quantitative estimate of drug-likeness (QED) is 0.201. The third kappa shape index (κ3) is 9.06. The van der Waals surface area contributed by atoms with Crippen molar-refractivity contribution in [3.8, 4) is 11.5 Å². The molecule has 183 valence electrons. The van der Waals surface area contributed by atoms with E-state index in [0.717, 1.165) is 18.4 Å². The molecule has 0 aliphatic carbocycles. The van der Waals surface area contributed by atoms with Crippen molar-refractivity contribution in [2.24, 2.45) is 5.41 Å². The topological polar surface area (TPSA) is 71.1 Å². The molecule has 2 unspecified atom stereocenters. The van der Waals surface area contributed by atoms with Crippen LogP contribution in [0.1, 0.15) is 85.1 Å². The normalized spacial score (nSPS) is 15.5. The van der Waals surface area contributed by atoms with E-state index < -0.39 is 26.1 Å². The van der Waals surface area contributed by atoms with Crippen LogP contribution in [0, 0.1) is 5.41 Å². The van der Waals surface area contributed by atoms with Crippen molar-refractivity contribution in [2.45, 2.75) is 100 Å². The molecule has 0 aromatic heterocycles. The summed E-state index contributed by atoms with van der Waals surface area (Å²) in [5, 5.41) is 0. The van der Waals surface area contributed by atoms with Crippen LogP contribution in [0.5, 0.6) is 11.5 Å². The molecule has 6 nitrogen and oxygen atoms in total. The van der Waals surface area contributed by atoms with E-state index in [1.165, 1.54) is 19.3 Å². The molecule has 2 atom stereocenters. The van der Waals surface area contributed by atoms with Crippen LogP contribution in [0.3, 0.4) is 0 Å². The summed E-state index contributed by atoms with van der Waals surface area (Å²) >= 11 is -1.25. The number of fused-ring (bicyclic) bond motifs is 1. The zero-order valence-electron chi connectivity index (χ0n) is 21.2. The van der Waals surface area contributed by atoms with E-state index in [4.69, 9.17) is 18.9 Å². The molecule has 1 aliphatic rings. The van der Waals surface area contributed by atoms with Crippen LogP contribution in [0.15, 0.2) is 18.2 Å². The Hall–Kier alpha value is -1.37. The Bertz CT molecular complexity index is 793. The first-order valence-corrected chi connectivity index (χ1v) is 17.1. The van der Waals surface area contributed by atoms with Crippen LogP contribution in [0.2, 0.25) is 7.85 Å². The summed E-state index contributed by atoms with van der Waals surface area (Å²) < 4.78 is 23.8. The zero-order valence-corrected chi connectivity index (χ0v) is 24.5. The van der Waals surface area contributed by atoms with Crippen molar-refractivity contribution in [1.82, 2.24) is 0 Å². The van der Waals surface area contributed by atoms with Gasteiger partial charge < -0.3 is 0 Å². The molecule has 1 heterocycles. The van der Waals surface area contributed by atoms with E-state index >= 15 is 0 Å². The van der Waals surface area contributed by atoms with Gasteiger partial charge in [0, 0.05) is 0 Å². The van der Waals surface area contributed by atoms with Crippen molar-refractivity contribution < 1.29 is 28.5 Å². The van der Waals surface area contributed by atoms with Crippen molar-refractivity contribution in [3.63, 3.8) is 0 Å². The van der Waals surface area contributed by atoms with Gasteiger partial charge in [0.05, 0.1) is 0 Å². The number of esters is 2. The van der Waals surface area contributed by atoms with Gasteiger partial charge in [-0.2, -0.15) is 0 Å². The monoisotopic (exact) mass is 563 g/mol. The van der Waals surface area contributed by atoms with Gasteiger partial charge in [-0.3, -0.25) is 0 Å². The summed E-state index contributed by atoms with van der Waals surface area (Å²) in [5.41, 5.74) is 0.530. The van der Waals surface area contributed by atoms with Crippen molar-refractivity contribution in [1.29, 1.82) is 0 Å². The Balaban J connectivity index is 1.86. The number of carbonyl (C=O) groups excluding carboxylic acids is 2. The van der Waals surface area contributed by atoms with E-state index in [1.54, 1.807) is 0 Å². The van der Waals surface area contributed by atoms with E-state index in [1.807, 2.05) is 45.9 Å². The standard InChI is InChI=1S/C25H37O6.CH3.In/c1-6-7-8-9-10-19(3)31-23(26)15-25(4,5)14-18(2)24(27)28-16-20-11-12-21-22(13-20)30-17-29-21;;/h11-13,19H,6-10,14-17H2,1-5H3;1H3;. The summed E-state index contributed by atoms with van der Waals surface area (Å²) in [6.45, 7) is 10.7. The van der Waals surface area contributed by atoms with Crippen LogP contribution < -0.4 is 9.47 Å². The first-order valence-electron chi connectivity index (χ1n) is 12.1. The Kier molecular flexibility index (Phi) is 10.9. The minimum atomic E-state index is -1.25. The van der Waals surface area contributed by atoms with Crippen molar-refractivity contribution in [2.75, 3.05) is 6.79 Å². The molecular formula is C26H40InO6. The number of unbranched alkanes of at least 4 members (excludes halogenated alkanes) is 3. The maximum absolute atomic E-state index is 13.1. The Morgan fingerprint density at radius 1 is 1.12 bits per heavy atom. The van der Waals surface area contributed by atoms with Gasteiger partial charge in [-0.15, -0.1) is 0 Å². The van der Waals surface area contributed by atoms with Gasteiger partial charge in [0.2, 0.25) is 0 Å². The summed E-state index contributed by atoms with van der Waals surface area (Å²) in [5.74, 6) is 1.04. The van der Waals surface area contributed by atoms with Gasteiger partial charge in [0.15, 0.2) is 0 Å². The fraction of sp³-hybridized carbons (Fsp3) is 0.692. The van der Waals surface area contributed by atoms with Gasteiger partial charge in [0.1, 0.15) is 0 Å². The summed E-state index contributed by atoms with van der Waals surface area (Å²) in [7, 11) is 0. The van der Waals surface area contributed by atoms with Crippen LogP contribution in [0.4, 0.5) is 0 Å². The molecule has 0 N–H and O–H groups in total.